The van der Waals surface area contributed by atoms with Gasteiger partial charge in [0.05, 0.1) is 47.4 Å². The number of alkyl halides is 3. The van der Waals surface area contributed by atoms with Gasteiger partial charge >= 0.3 is 24.1 Å². The van der Waals surface area contributed by atoms with E-state index in [9.17, 15) is 32.3 Å². The molecule has 6 heterocycles. The van der Waals surface area contributed by atoms with E-state index in [-0.39, 0.29) is 55.1 Å². The Bertz CT molecular complexity index is 2240. The highest BCUT2D eigenvalue weighted by molar-refractivity contribution is 5.97. The number of halogens is 3. The van der Waals surface area contributed by atoms with E-state index in [1.54, 1.807) is 35.8 Å². The minimum absolute atomic E-state index is 0.0293. The van der Waals surface area contributed by atoms with Gasteiger partial charge in [0.1, 0.15) is 12.4 Å². The fraction of sp³-hybridized carbons (Fsp3) is 0.395. The fourth-order valence-corrected chi connectivity index (χ4v) is 8.05. The van der Waals surface area contributed by atoms with Crippen molar-refractivity contribution in [3.05, 3.63) is 86.2 Å². The first-order valence-corrected chi connectivity index (χ1v) is 17.4. The predicted molar refractivity (Wildman–Crippen MR) is 182 cm³/mol. The maximum Gasteiger partial charge on any atom is 0.416 e. The number of nitrogens with zero attached hydrogens (tertiary/aromatic N) is 4. The summed E-state index contributed by atoms with van der Waals surface area (Å²) in [6.07, 6.45) is -3.69. The van der Waals surface area contributed by atoms with Crippen molar-refractivity contribution in [2.75, 3.05) is 37.6 Å². The van der Waals surface area contributed by atoms with Crippen molar-refractivity contribution in [3.63, 3.8) is 0 Å². The Labute approximate surface area is 295 Å². The Morgan fingerprint density at radius 3 is 2.52 bits per heavy atom. The number of aromatic nitrogens is 2. The van der Waals surface area contributed by atoms with Gasteiger partial charge in [0.15, 0.2) is 0 Å². The van der Waals surface area contributed by atoms with Gasteiger partial charge in [0.25, 0.3) is 5.56 Å². The minimum atomic E-state index is -4.43. The summed E-state index contributed by atoms with van der Waals surface area (Å²) in [7, 11) is 0. The zero-order valence-corrected chi connectivity index (χ0v) is 28.6. The quantitative estimate of drug-likeness (QED) is 0.170. The number of carbonyl (C=O) groups excluding carboxylic acids is 3. The van der Waals surface area contributed by atoms with Crippen LogP contribution >= 0.6 is 0 Å². The van der Waals surface area contributed by atoms with E-state index in [4.69, 9.17) is 19.2 Å². The molecule has 4 aromatic rings. The molecule has 14 heteroatoms. The van der Waals surface area contributed by atoms with E-state index in [1.807, 2.05) is 16.7 Å². The smallest absolute Gasteiger partial charge is 0.416 e. The first-order chi connectivity index (χ1) is 24.9. The number of hydrogen-bond donors (Lipinski definition) is 0. The molecule has 4 aliphatic rings. The van der Waals surface area contributed by atoms with Crippen LogP contribution in [-0.2, 0) is 61.6 Å². The average molecular weight is 717 g/mol. The van der Waals surface area contributed by atoms with Crippen molar-refractivity contribution >= 4 is 34.5 Å². The van der Waals surface area contributed by atoms with Crippen molar-refractivity contribution in [3.8, 4) is 17.1 Å². The standard InChI is InChI=1S/C38H35F3N4O7/c1-3-23-25-19-45-29(34(25)42-28-8-9-30-24(33(23)28)17-32(47)51-30)18-27-26(35(45)48)20-50-36(49)37(27,4-2)52-31(46)10-11-43-12-14-44(15-13-43)22-7-5-6-21(16-22)38(39,40)41/h5-9,16,18H,3-4,10-15,17,19-20H2,1-2H3/t37-/m0/s1. The lowest BCUT2D eigenvalue weighted by Crippen LogP contribution is -2.49. The molecule has 0 saturated carbocycles. The third kappa shape index (κ3) is 5.42. The average Bonchev–Trinajstić information content (AvgIpc) is 3.71. The first-order valence-electron chi connectivity index (χ1n) is 17.4. The number of benzene rings is 2. The van der Waals surface area contributed by atoms with Crippen LogP contribution in [0.3, 0.4) is 0 Å². The van der Waals surface area contributed by atoms with Crippen LogP contribution in [0.5, 0.6) is 5.75 Å². The van der Waals surface area contributed by atoms with Gasteiger partial charge in [-0.25, -0.2) is 9.78 Å². The van der Waals surface area contributed by atoms with Gasteiger partial charge in [0, 0.05) is 60.5 Å². The summed E-state index contributed by atoms with van der Waals surface area (Å²) in [5.41, 5.74) is 2.46. The Hall–Kier alpha value is -5.24. The molecule has 1 atom stereocenters. The molecule has 52 heavy (non-hydrogen) atoms. The second-order valence-corrected chi connectivity index (χ2v) is 13.5. The molecular formula is C38H35F3N4O7. The molecular weight excluding hydrogens is 681 g/mol. The van der Waals surface area contributed by atoms with Crippen molar-refractivity contribution in [1.82, 2.24) is 14.5 Å². The Morgan fingerprint density at radius 2 is 1.79 bits per heavy atom. The van der Waals surface area contributed by atoms with E-state index in [0.29, 0.717) is 67.5 Å². The van der Waals surface area contributed by atoms with Crippen molar-refractivity contribution < 1.29 is 41.8 Å². The highest BCUT2D eigenvalue weighted by Crippen LogP contribution is 2.44. The van der Waals surface area contributed by atoms with Crippen LogP contribution in [0.1, 0.15) is 60.1 Å². The van der Waals surface area contributed by atoms with Gasteiger partial charge in [-0.15, -0.1) is 0 Å². The van der Waals surface area contributed by atoms with Gasteiger partial charge < -0.3 is 23.7 Å². The SMILES string of the molecule is CCc1c2c(nc3ccc4c(c13)CC(=O)O4)-c1cc3c(c(=O)n1C2)COC(=O)[C@@]3(CC)OC(=O)CCN1CCN(c2cccc(C(F)(F)F)c2)CC1. The summed E-state index contributed by atoms with van der Waals surface area (Å²) in [6.45, 7) is 5.98. The second-order valence-electron chi connectivity index (χ2n) is 13.5. The number of esters is 3. The molecule has 1 saturated heterocycles. The molecule has 1 fully saturated rings. The Balaban J connectivity index is 1.04. The number of aryl methyl sites for hydroxylation is 1. The summed E-state index contributed by atoms with van der Waals surface area (Å²) in [5, 5.41) is 0.850. The van der Waals surface area contributed by atoms with Crippen LogP contribution in [0.15, 0.2) is 47.3 Å². The monoisotopic (exact) mass is 716 g/mol. The topological polar surface area (TPSA) is 120 Å². The molecule has 0 amide bonds. The predicted octanol–water partition coefficient (Wildman–Crippen LogP) is 4.89. The minimum Gasteiger partial charge on any atom is -0.457 e. The molecule has 2 aromatic carbocycles. The molecule has 0 spiro atoms. The first kappa shape index (κ1) is 33.9. The summed E-state index contributed by atoms with van der Waals surface area (Å²) in [5.74, 6) is -1.21. The molecule has 0 unspecified atom stereocenters. The van der Waals surface area contributed by atoms with Gasteiger partial charge in [-0.1, -0.05) is 19.9 Å². The summed E-state index contributed by atoms with van der Waals surface area (Å²) in [6, 6.07) is 10.5. The lowest BCUT2D eigenvalue weighted by atomic mass is 9.85. The van der Waals surface area contributed by atoms with E-state index in [2.05, 4.69) is 0 Å². The fourth-order valence-electron chi connectivity index (χ4n) is 8.05. The summed E-state index contributed by atoms with van der Waals surface area (Å²) < 4.78 is 58.2. The van der Waals surface area contributed by atoms with Crippen molar-refractivity contribution in [2.24, 2.45) is 0 Å². The third-order valence-electron chi connectivity index (χ3n) is 10.7. The molecule has 2 aromatic heterocycles. The molecule has 8 rings (SSSR count). The van der Waals surface area contributed by atoms with Crippen LogP contribution in [0.4, 0.5) is 18.9 Å². The van der Waals surface area contributed by atoms with Crippen molar-refractivity contribution in [2.45, 2.75) is 64.5 Å². The Morgan fingerprint density at radius 1 is 1.00 bits per heavy atom. The molecule has 0 N–H and O–H groups in total. The molecule has 0 radical (unpaired) electrons. The van der Waals surface area contributed by atoms with Gasteiger partial charge in [-0.05, 0) is 54.8 Å². The number of pyridine rings is 2. The number of piperazine rings is 1. The highest BCUT2D eigenvalue weighted by Gasteiger charge is 2.50. The Kier molecular flexibility index (Phi) is 8.12. The number of hydrogen-bond acceptors (Lipinski definition) is 10. The van der Waals surface area contributed by atoms with Crippen LogP contribution in [0, 0.1) is 0 Å². The normalized spacial score (nSPS) is 19.5. The second kappa shape index (κ2) is 12.5. The number of carbonyl (C=O) groups is 3. The zero-order valence-electron chi connectivity index (χ0n) is 28.6. The molecule has 270 valence electrons. The number of anilines is 1. The summed E-state index contributed by atoms with van der Waals surface area (Å²) in [4.78, 5) is 62.1. The lowest BCUT2D eigenvalue weighted by molar-refractivity contribution is -0.189. The van der Waals surface area contributed by atoms with Crippen LogP contribution in [0.2, 0.25) is 0 Å². The van der Waals surface area contributed by atoms with Gasteiger partial charge in [0.2, 0.25) is 5.60 Å². The van der Waals surface area contributed by atoms with Crippen LogP contribution in [-0.4, -0.2) is 65.1 Å². The van der Waals surface area contributed by atoms with E-state index in [0.717, 1.165) is 34.2 Å². The number of fused-ring (bicyclic) bond motifs is 7. The largest absolute Gasteiger partial charge is 0.457 e. The number of cyclic esters (lactones) is 1. The van der Waals surface area contributed by atoms with E-state index in [1.165, 1.54) is 6.07 Å². The van der Waals surface area contributed by atoms with Crippen LogP contribution < -0.4 is 15.2 Å². The number of rotatable bonds is 7. The number of ether oxygens (including phenoxy) is 3. The van der Waals surface area contributed by atoms with Gasteiger partial charge in [-0.3, -0.25) is 19.3 Å². The summed E-state index contributed by atoms with van der Waals surface area (Å²) >= 11 is 0. The van der Waals surface area contributed by atoms with Crippen LogP contribution in [0.25, 0.3) is 22.3 Å². The van der Waals surface area contributed by atoms with E-state index < -0.39 is 29.3 Å². The lowest BCUT2D eigenvalue weighted by Gasteiger charge is -2.37. The molecule has 0 aliphatic carbocycles. The van der Waals surface area contributed by atoms with Gasteiger partial charge in [-0.2, -0.15) is 13.2 Å². The maximum absolute atomic E-state index is 14.1. The zero-order chi connectivity index (χ0) is 36.5. The maximum atomic E-state index is 14.1. The highest BCUT2D eigenvalue weighted by atomic mass is 19.4. The molecule has 4 aliphatic heterocycles. The molecule has 11 nitrogen and oxygen atoms in total. The van der Waals surface area contributed by atoms with E-state index >= 15 is 0 Å². The molecule has 0 bridgehead atoms. The van der Waals surface area contributed by atoms with Crippen molar-refractivity contribution in [1.29, 1.82) is 0 Å². The third-order valence-corrected chi connectivity index (χ3v) is 10.7.